The summed E-state index contributed by atoms with van der Waals surface area (Å²) in [5.74, 6) is -2.18. The van der Waals surface area contributed by atoms with Gasteiger partial charge in [-0.1, -0.05) is 6.92 Å². The molecular formula is C11H13NO5. The summed E-state index contributed by atoms with van der Waals surface area (Å²) in [6.07, 6.45) is -0.784. The SMILES string of the molecule is CCC(Oc1cc(C(=O)O)ccc1N)C(=O)O. The second kappa shape index (κ2) is 5.20. The van der Waals surface area contributed by atoms with E-state index in [4.69, 9.17) is 20.7 Å². The predicted octanol–water partition coefficient (Wildman–Crippen LogP) is 1.21. The van der Waals surface area contributed by atoms with Gasteiger partial charge in [0.15, 0.2) is 6.10 Å². The molecule has 6 heteroatoms. The summed E-state index contributed by atoms with van der Waals surface area (Å²) in [4.78, 5) is 21.5. The number of ether oxygens (including phenoxy) is 1. The Morgan fingerprint density at radius 1 is 1.41 bits per heavy atom. The number of benzene rings is 1. The second-order valence-electron chi connectivity index (χ2n) is 3.41. The minimum absolute atomic E-state index is 0.00515. The molecule has 1 aromatic carbocycles. The number of anilines is 1. The van der Waals surface area contributed by atoms with Crippen LogP contribution in [0.5, 0.6) is 5.75 Å². The van der Waals surface area contributed by atoms with Crippen LogP contribution in [0.15, 0.2) is 18.2 Å². The molecule has 0 radical (unpaired) electrons. The Hall–Kier alpha value is -2.24. The van der Waals surface area contributed by atoms with Crippen LogP contribution < -0.4 is 10.5 Å². The van der Waals surface area contributed by atoms with Crippen LogP contribution in [0.3, 0.4) is 0 Å². The molecule has 0 aliphatic carbocycles. The van der Waals surface area contributed by atoms with E-state index in [1.807, 2.05) is 0 Å². The van der Waals surface area contributed by atoms with Crippen LogP contribution in [0.2, 0.25) is 0 Å². The standard InChI is InChI=1S/C11H13NO5/c1-2-8(11(15)16)17-9-5-6(10(13)14)3-4-7(9)12/h3-5,8H,2,12H2,1H3,(H,13,14)(H,15,16). The number of aliphatic carboxylic acids is 1. The maximum Gasteiger partial charge on any atom is 0.344 e. The molecular weight excluding hydrogens is 226 g/mol. The molecule has 0 spiro atoms. The molecule has 0 saturated carbocycles. The second-order valence-corrected chi connectivity index (χ2v) is 3.41. The number of nitrogen functional groups attached to an aromatic ring is 1. The average Bonchev–Trinajstić information content (AvgIpc) is 2.27. The lowest BCUT2D eigenvalue weighted by atomic mass is 10.2. The first kappa shape index (κ1) is 12.8. The lowest BCUT2D eigenvalue weighted by Crippen LogP contribution is -2.26. The van der Waals surface area contributed by atoms with Gasteiger partial charge in [-0.25, -0.2) is 9.59 Å². The molecule has 1 aromatic rings. The van der Waals surface area contributed by atoms with Crippen LogP contribution in [0.25, 0.3) is 0 Å². The minimum atomic E-state index is -1.13. The Bertz CT molecular complexity index is 443. The first-order valence-corrected chi connectivity index (χ1v) is 4.98. The Kier molecular flexibility index (Phi) is 3.92. The number of rotatable bonds is 5. The van der Waals surface area contributed by atoms with Crippen molar-refractivity contribution in [2.75, 3.05) is 5.73 Å². The zero-order valence-corrected chi connectivity index (χ0v) is 9.21. The largest absolute Gasteiger partial charge is 0.479 e. The van der Waals surface area contributed by atoms with Gasteiger partial charge >= 0.3 is 11.9 Å². The Balaban J connectivity index is 3.00. The molecule has 0 fully saturated rings. The number of carbonyl (C=O) groups is 2. The van der Waals surface area contributed by atoms with Crippen molar-refractivity contribution < 1.29 is 24.5 Å². The molecule has 1 rings (SSSR count). The van der Waals surface area contributed by atoms with Gasteiger partial charge in [0.1, 0.15) is 5.75 Å². The van der Waals surface area contributed by atoms with Crippen molar-refractivity contribution in [3.05, 3.63) is 23.8 Å². The van der Waals surface area contributed by atoms with Gasteiger partial charge in [-0.15, -0.1) is 0 Å². The molecule has 17 heavy (non-hydrogen) atoms. The number of aromatic carboxylic acids is 1. The van der Waals surface area contributed by atoms with Crippen molar-refractivity contribution in [2.24, 2.45) is 0 Å². The molecule has 6 nitrogen and oxygen atoms in total. The van der Waals surface area contributed by atoms with Crippen LogP contribution in [0, 0.1) is 0 Å². The molecule has 4 N–H and O–H groups in total. The third-order valence-corrected chi connectivity index (χ3v) is 2.18. The fraction of sp³-hybridized carbons (Fsp3) is 0.273. The molecule has 0 aromatic heterocycles. The molecule has 0 saturated heterocycles. The van der Waals surface area contributed by atoms with Gasteiger partial charge in [-0.05, 0) is 24.6 Å². The fourth-order valence-electron chi connectivity index (χ4n) is 1.23. The highest BCUT2D eigenvalue weighted by atomic mass is 16.5. The van der Waals surface area contributed by atoms with Crippen molar-refractivity contribution in [3.63, 3.8) is 0 Å². The van der Waals surface area contributed by atoms with Gasteiger partial charge in [-0.3, -0.25) is 0 Å². The van der Waals surface area contributed by atoms with E-state index in [1.165, 1.54) is 18.2 Å². The maximum atomic E-state index is 10.8. The lowest BCUT2D eigenvalue weighted by Gasteiger charge is -2.15. The highest BCUT2D eigenvalue weighted by Gasteiger charge is 2.18. The lowest BCUT2D eigenvalue weighted by molar-refractivity contribution is -0.145. The van der Waals surface area contributed by atoms with Gasteiger partial charge in [-0.2, -0.15) is 0 Å². The summed E-state index contributed by atoms with van der Waals surface area (Å²) in [5, 5.41) is 17.6. The molecule has 0 aliphatic rings. The van der Waals surface area contributed by atoms with Gasteiger partial charge < -0.3 is 20.7 Å². The van der Waals surface area contributed by atoms with E-state index < -0.39 is 18.0 Å². The van der Waals surface area contributed by atoms with E-state index in [9.17, 15) is 9.59 Å². The van der Waals surface area contributed by atoms with E-state index in [2.05, 4.69) is 0 Å². The number of nitrogens with two attached hydrogens (primary N) is 1. The van der Waals surface area contributed by atoms with E-state index in [-0.39, 0.29) is 23.4 Å². The molecule has 0 aliphatic heterocycles. The topological polar surface area (TPSA) is 110 Å². The third-order valence-electron chi connectivity index (χ3n) is 2.18. The Morgan fingerprint density at radius 2 is 2.06 bits per heavy atom. The van der Waals surface area contributed by atoms with Crippen molar-refractivity contribution in [1.82, 2.24) is 0 Å². The van der Waals surface area contributed by atoms with Crippen LogP contribution in [-0.2, 0) is 4.79 Å². The van der Waals surface area contributed by atoms with Gasteiger partial charge in [0.25, 0.3) is 0 Å². The van der Waals surface area contributed by atoms with Crippen LogP contribution in [0.1, 0.15) is 23.7 Å². The molecule has 92 valence electrons. The molecule has 0 heterocycles. The maximum absolute atomic E-state index is 10.8. The molecule has 0 amide bonds. The summed E-state index contributed by atoms with van der Waals surface area (Å²) >= 11 is 0. The summed E-state index contributed by atoms with van der Waals surface area (Å²) in [6.45, 7) is 1.65. The van der Waals surface area contributed by atoms with E-state index in [0.29, 0.717) is 0 Å². The zero-order valence-electron chi connectivity index (χ0n) is 9.21. The quantitative estimate of drug-likeness (QED) is 0.666. The zero-order chi connectivity index (χ0) is 13.0. The third kappa shape index (κ3) is 3.10. The van der Waals surface area contributed by atoms with Crippen molar-refractivity contribution in [3.8, 4) is 5.75 Å². The van der Waals surface area contributed by atoms with Crippen molar-refractivity contribution in [1.29, 1.82) is 0 Å². The molecule has 0 bridgehead atoms. The Labute approximate surface area is 97.6 Å². The van der Waals surface area contributed by atoms with Crippen LogP contribution in [-0.4, -0.2) is 28.3 Å². The van der Waals surface area contributed by atoms with Gasteiger partial charge in [0.05, 0.1) is 11.3 Å². The van der Waals surface area contributed by atoms with E-state index >= 15 is 0 Å². The van der Waals surface area contributed by atoms with Crippen molar-refractivity contribution in [2.45, 2.75) is 19.4 Å². The summed E-state index contributed by atoms with van der Waals surface area (Å²) in [7, 11) is 0. The van der Waals surface area contributed by atoms with Gasteiger partial charge in [0, 0.05) is 0 Å². The summed E-state index contributed by atoms with van der Waals surface area (Å²) < 4.78 is 5.16. The van der Waals surface area contributed by atoms with Gasteiger partial charge in [0.2, 0.25) is 0 Å². The number of hydrogen-bond donors (Lipinski definition) is 3. The van der Waals surface area contributed by atoms with E-state index in [1.54, 1.807) is 6.92 Å². The monoisotopic (exact) mass is 239 g/mol. The number of carboxylic acid groups (broad SMARTS) is 2. The average molecular weight is 239 g/mol. The van der Waals surface area contributed by atoms with Crippen LogP contribution >= 0.6 is 0 Å². The smallest absolute Gasteiger partial charge is 0.344 e. The first-order valence-electron chi connectivity index (χ1n) is 4.98. The normalized spacial score (nSPS) is 11.8. The minimum Gasteiger partial charge on any atom is -0.479 e. The van der Waals surface area contributed by atoms with E-state index in [0.717, 1.165) is 0 Å². The summed E-state index contributed by atoms with van der Waals surface area (Å²) in [5.41, 5.74) is 5.78. The number of hydrogen-bond acceptors (Lipinski definition) is 4. The fourth-order valence-corrected chi connectivity index (χ4v) is 1.23. The Morgan fingerprint density at radius 3 is 2.53 bits per heavy atom. The van der Waals surface area contributed by atoms with Crippen LogP contribution in [0.4, 0.5) is 5.69 Å². The highest BCUT2D eigenvalue weighted by Crippen LogP contribution is 2.24. The summed E-state index contributed by atoms with van der Waals surface area (Å²) in [6, 6.07) is 3.91. The highest BCUT2D eigenvalue weighted by molar-refractivity contribution is 5.89. The predicted molar refractivity (Wildman–Crippen MR) is 60.2 cm³/mol. The van der Waals surface area contributed by atoms with Crippen molar-refractivity contribution >= 4 is 17.6 Å². The molecule has 1 unspecified atom stereocenters. The molecule has 1 atom stereocenters. The first-order chi connectivity index (χ1) is 7.95. The number of carboxylic acids is 2.